The van der Waals surface area contributed by atoms with Crippen LogP contribution in [0.4, 0.5) is 0 Å². The average molecular weight is 221 g/mol. The molecule has 0 bridgehead atoms. The maximum atomic E-state index is 5.57. The van der Waals surface area contributed by atoms with Gasteiger partial charge in [0.25, 0.3) is 0 Å². The van der Waals surface area contributed by atoms with E-state index in [-0.39, 0.29) is 0 Å². The lowest BCUT2D eigenvalue weighted by molar-refractivity contribution is 0.319. The minimum Gasteiger partial charge on any atom is -0.493 e. The maximum Gasteiger partial charge on any atom is 0.161 e. The minimum absolute atomic E-state index is 0.507. The molecule has 1 rings (SSSR count). The lowest BCUT2D eigenvalue weighted by atomic mass is 10.1. The molecule has 0 unspecified atom stereocenters. The Labute approximate surface area is 96.9 Å². The summed E-state index contributed by atoms with van der Waals surface area (Å²) in [7, 11) is 1.63. The Kier molecular flexibility index (Phi) is 4.86. The molecule has 0 saturated heterocycles. The van der Waals surface area contributed by atoms with Crippen LogP contribution in [-0.4, -0.2) is 20.3 Å². The molecule has 0 amide bonds. The van der Waals surface area contributed by atoms with Gasteiger partial charge >= 0.3 is 0 Å². The van der Waals surface area contributed by atoms with Gasteiger partial charge in [0.2, 0.25) is 0 Å². The summed E-state index contributed by atoms with van der Waals surface area (Å²) in [4.78, 5) is 0. The third kappa shape index (κ3) is 3.59. The van der Waals surface area contributed by atoms with Gasteiger partial charge in [0.1, 0.15) is 6.61 Å². The van der Waals surface area contributed by atoms with Crippen molar-refractivity contribution in [3.8, 4) is 11.5 Å². The predicted octanol–water partition coefficient (Wildman–Crippen LogP) is 2.15. The monoisotopic (exact) mass is 221 g/mol. The highest BCUT2D eigenvalue weighted by molar-refractivity contribution is 5.43. The summed E-state index contributed by atoms with van der Waals surface area (Å²) in [6.07, 6.45) is 0.844. The van der Waals surface area contributed by atoms with Crippen LogP contribution in [0.2, 0.25) is 0 Å². The quantitative estimate of drug-likeness (QED) is 0.749. The van der Waals surface area contributed by atoms with Gasteiger partial charge in [-0.1, -0.05) is 12.6 Å². The summed E-state index contributed by atoms with van der Waals surface area (Å²) >= 11 is 0. The smallest absolute Gasteiger partial charge is 0.161 e. The molecule has 0 aliphatic rings. The highest BCUT2D eigenvalue weighted by Gasteiger charge is 2.05. The summed E-state index contributed by atoms with van der Waals surface area (Å²) in [6.45, 7) is 6.86. The summed E-state index contributed by atoms with van der Waals surface area (Å²) in [5.41, 5.74) is 7.64. The molecule has 3 nitrogen and oxygen atoms in total. The standard InChI is InChI=1S/C13H19NO2/c1-10(2)9-16-12-5-4-11(6-7-14)8-13(12)15-3/h4-5,8H,1,6-7,9,14H2,2-3H3. The van der Waals surface area contributed by atoms with Gasteiger partial charge in [-0.2, -0.15) is 0 Å². The van der Waals surface area contributed by atoms with E-state index in [0.717, 1.165) is 29.1 Å². The summed E-state index contributed by atoms with van der Waals surface area (Å²) in [6, 6.07) is 5.87. The molecule has 0 aliphatic carbocycles. The van der Waals surface area contributed by atoms with E-state index in [1.54, 1.807) is 7.11 Å². The SMILES string of the molecule is C=C(C)COc1ccc(CCN)cc1OC. The summed E-state index contributed by atoms with van der Waals surface area (Å²) in [5, 5.41) is 0. The molecule has 1 aromatic rings. The number of nitrogens with two attached hydrogens (primary N) is 1. The molecule has 0 aromatic heterocycles. The van der Waals surface area contributed by atoms with Crippen LogP contribution in [0.25, 0.3) is 0 Å². The van der Waals surface area contributed by atoms with Crippen LogP contribution in [0, 0.1) is 0 Å². The molecule has 3 heteroatoms. The van der Waals surface area contributed by atoms with E-state index in [9.17, 15) is 0 Å². The van der Waals surface area contributed by atoms with E-state index in [1.165, 1.54) is 0 Å². The van der Waals surface area contributed by atoms with Gasteiger partial charge in [0.05, 0.1) is 7.11 Å². The van der Waals surface area contributed by atoms with Crippen LogP contribution in [0.5, 0.6) is 11.5 Å². The van der Waals surface area contributed by atoms with Crippen molar-refractivity contribution in [2.24, 2.45) is 5.73 Å². The molecule has 16 heavy (non-hydrogen) atoms. The fraction of sp³-hybridized carbons (Fsp3) is 0.385. The Balaban J connectivity index is 2.80. The van der Waals surface area contributed by atoms with Crippen molar-refractivity contribution in [3.63, 3.8) is 0 Å². The van der Waals surface area contributed by atoms with Crippen LogP contribution in [0.3, 0.4) is 0 Å². The first-order valence-electron chi connectivity index (χ1n) is 5.31. The fourth-order valence-corrected chi connectivity index (χ4v) is 1.35. The van der Waals surface area contributed by atoms with Gasteiger partial charge in [-0.25, -0.2) is 0 Å². The van der Waals surface area contributed by atoms with Crippen molar-refractivity contribution in [3.05, 3.63) is 35.9 Å². The number of benzene rings is 1. The third-order valence-electron chi connectivity index (χ3n) is 2.14. The van der Waals surface area contributed by atoms with Gasteiger partial charge in [0.15, 0.2) is 11.5 Å². The predicted molar refractivity (Wildman–Crippen MR) is 66.1 cm³/mol. The van der Waals surface area contributed by atoms with Crippen LogP contribution < -0.4 is 15.2 Å². The van der Waals surface area contributed by atoms with Crippen LogP contribution >= 0.6 is 0 Å². The molecule has 0 fully saturated rings. The fourth-order valence-electron chi connectivity index (χ4n) is 1.35. The van der Waals surface area contributed by atoms with E-state index >= 15 is 0 Å². The van der Waals surface area contributed by atoms with E-state index < -0.39 is 0 Å². The van der Waals surface area contributed by atoms with Crippen molar-refractivity contribution >= 4 is 0 Å². The van der Waals surface area contributed by atoms with Gasteiger partial charge < -0.3 is 15.2 Å². The highest BCUT2D eigenvalue weighted by Crippen LogP contribution is 2.28. The average Bonchev–Trinajstić information content (AvgIpc) is 2.27. The maximum absolute atomic E-state index is 5.57. The molecule has 0 aliphatic heterocycles. The Morgan fingerprint density at radius 2 is 2.12 bits per heavy atom. The van der Waals surface area contributed by atoms with E-state index in [4.69, 9.17) is 15.2 Å². The highest BCUT2D eigenvalue weighted by atomic mass is 16.5. The number of methoxy groups -OCH3 is 1. The minimum atomic E-state index is 0.507. The van der Waals surface area contributed by atoms with Gasteiger partial charge in [-0.15, -0.1) is 0 Å². The topological polar surface area (TPSA) is 44.5 Å². The Morgan fingerprint density at radius 3 is 2.69 bits per heavy atom. The zero-order valence-corrected chi connectivity index (χ0v) is 9.95. The molecule has 0 spiro atoms. The molecule has 0 atom stereocenters. The molecular formula is C13H19NO2. The Morgan fingerprint density at radius 1 is 1.38 bits per heavy atom. The molecule has 2 N–H and O–H groups in total. The molecule has 0 radical (unpaired) electrons. The van der Waals surface area contributed by atoms with E-state index in [2.05, 4.69) is 6.58 Å². The van der Waals surface area contributed by atoms with Crippen LogP contribution in [-0.2, 0) is 6.42 Å². The summed E-state index contributed by atoms with van der Waals surface area (Å²) in [5.74, 6) is 1.48. The van der Waals surface area contributed by atoms with E-state index in [1.807, 2.05) is 25.1 Å². The second-order valence-electron chi connectivity index (χ2n) is 3.77. The molecule has 0 saturated carbocycles. The zero-order chi connectivity index (χ0) is 12.0. The third-order valence-corrected chi connectivity index (χ3v) is 2.14. The lowest BCUT2D eigenvalue weighted by Crippen LogP contribution is -2.04. The van der Waals surface area contributed by atoms with Crippen LogP contribution in [0.1, 0.15) is 12.5 Å². The van der Waals surface area contributed by atoms with Crippen molar-refractivity contribution in [1.29, 1.82) is 0 Å². The van der Waals surface area contributed by atoms with Crippen molar-refractivity contribution < 1.29 is 9.47 Å². The molecular weight excluding hydrogens is 202 g/mol. The Bertz CT molecular complexity index is 361. The molecule has 0 heterocycles. The van der Waals surface area contributed by atoms with Crippen molar-refractivity contribution in [2.75, 3.05) is 20.3 Å². The Hall–Kier alpha value is -1.48. The largest absolute Gasteiger partial charge is 0.493 e. The number of hydrogen-bond donors (Lipinski definition) is 1. The second-order valence-corrected chi connectivity index (χ2v) is 3.77. The first-order valence-corrected chi connectivity index (χ1v) is 5.31. The van der Waals surface area contributed by atoms with Gasteiger partial charge in [-0.3, -0.25) is 0 Å². The lowest BCUT2D eigenvalue weighted by Gasteiger charge is -2.11. The normalized spacial score (nSPS) is 9.94. The first kappa shape index (κ1) is 12.6. The van der Waals surface area contributed by atoms with Crippen molar-refractivity contribution in [2.45, 2.75) is 13.3 Å². The van der Waals surface area contributed by atoms with Crippen molar-refractivity contribution in [1.82, 2.24) is 0 Å². The number of rotatable bonds is 6. The second kappa shape index (κ2) is 6.18. The number of hydrogen-bond acceptors (Lipinski definition) is 3. The molecule has 88 valence electrons. The van der Waals surface area contributed by atoms with Crippen LogP contribution in [0.15, 0.2) is 30.4 Å². The van der Waals surface area contributed by atoms with Gasteiger partial charge in [-0.05, 0) is 43.2 Å². The number of ether oxygens (including phenoxy) is 2. The van der Waals surface area contributed by atoms with Gasteiger partial charge in [0, 0.05) is 0 Å². The van der Waals surface area contributed by atoms with E-state index in [0.29, 0.717) is 13.2 Å². The first-order chi connectivity index (χ1) is 7.67. The summed E-state index contributed by atoms with van der Waals surface area (Å²) < 4.78 is 10.8. The molecule has 1 aromatic carbocycles. The zero-order valence-electron chi connectivity index (χ0n) is 9.95.